The van der Waals surface area contributed by atoms with Crippen molar-refractivity contribution >= 4 is 10.0 Å². The molecule has 1 aromatic heterocycles. The summed E-state index contributed by atoms with van der Waals surface area (Å²) in [5.74, 6) is 0. The van der Waals surface area contributed by atoms with E-state index in [1.807, 2.05) is 0 Å². The van der Waals surface area contributed by atoms with Crippen LogP contribution in [0.3, 0.4) is 0 Å². The van der Waals surface area contributed by atoms with Crippen LogP contribution < -0.4 is 10.0 Å². The van der Waals surface area contributed by atoms with Crippen LogP contribution in [-0.2, 0) is 21.3 Å². The normalized spacial score (nSPS) is 15.8. The average Bonchev–Trinajstić information content (AvgIpc) is 3.08. The van der Waals surface area contributed by atoms with Crippen molar-refractivity contribution in [2.24, 2.45) is 0 Å². The van der Waals surface area contributed by atoms with Gasteiger partial charge in [0.25, 0.3) is 10.0 Å². The summed E-state index contributed by atoms with van der Waals surface area (Å²) in [6.45, 7) is 1.40. The van der Waals surface area contributed by atoms with Gasteiger partial charge < -0.3 is 10.1 Å². The zero-order valence-electron chi connectivity index (χ0n) is 11.0. The van der Waals surface area contributed by atoms with Gasteiger partial charge in [-0.05, 0) is 19.3 Å². The fourth-order valence-electron chi connectivity index (χ4n) is 1.69. The van der Waals surface area contributed by atoms with E-state index in [4.69, 9.17) is 4.74 Å². The number of nitrogens with zero attached hydrogens (tertiary/aromatic N) is 1. The summed E-state index contributed by atoms with van der Waals surface area (Å²) in [6.07, 6.45) is 4.52. The Hall–Kier alpha value is -0.960. The number of rotatable bonds is 9. The van der Waals surface area contributed by atoms with Crippen molar-refractivity contribution in [2.75, 3.05) is 20.3 Å². The van der Waals surface area contributed by atoms with E-state index in [1.165, 1.54) is 0 Å². The van der Waals surface area contributed by atoms with Crippen molar-refractivity contribution in [1.82, 2.24) is 20.2 Å². The number of methoxy groups -OCH3 is 1. The molecule has 8 heteroatoms. The number of hydrogen-bond acceptors (Lipinski definition) is 5. The maximum absolute atomic E-state index is 12.1. The largest absolute Gasteiger partial charge is 0.385 e. The Morgan fingerprint density at radius 1 is 1.53 bits per heavy atom. The van der Waals surface area contributed by atoms with Crippen molar-refractivity contribution in [1.29, 1.82) is 0 Å². The minimum Gasteiger partial charge on any atom is -0.385 e. The highest BCUT2D eigenvalue weighted by molar-refractivity contribution is 7.89. The van der Waals surface area contributed by atoms with Gasteiger partial charge in [0.1, 0.15) is 0 Å². The van der Waals surface area contributed by atoms with Crippen molar-refractivity contribution in [3.05, 3.63) is 11.8 Å². The molecular weight excluding hydrogens is 268 g/mol. The molecular formula is C11H20N4O3S. The fourth-order valence-corrected chi connectivity index (χ4v) is 2.90. The summed E-state index contributed by atoms with van der Waals surface area (Å²) in [6, 6.07) is 0.528. The highest BCUT2D eigenvalue weighted by Crippen LogP contribution is 2.20. The lowest BCUT2D eigenvalue weighted by atomic mass is 10.3. The van der Waals surface area contributed by atoms with Crippen LogP contribution in [0, 0.1) is 0 Å². The second kappa shape index (κ2) is 6.47. The van der Waals surface area contributed by atoms with E-state index in [0.29, 0.717) is 37.7 Å². The van der Waals surface area contributed by atoms with Gasteiger partial charge in [0.05, 0.1) is 6.20 Å². The van der Waals surface area contributed by atoms with Gasteiger partial charge >= 0.3 is 0 Å². The number of ether oxygens (including phenoxy) is 1. The Morgan fingerprint density at radius 2 is 2.32 bits per heavy atom. The number of hydrogen-bond donors (Lipinski definition) is 3. The number of aromatic amines is 1. The molecule has 0 spiro atoms. The molecule has 0 atom stereocenters. The Bertz CT molecular complexity index is 496. The third-order valence-electron chi connectivity index (χ3n) is 2.92. The van der Waals surface area contributed by atoms with E-state index in [2.05, 4.69) is 20.2 Å². The van der Waals surface area contributed by atoms with Gasteiger partial charge in [0.2, 0.25) is 0 Å². The molecule has 1 fully saturated rings. The van der Waals surface area contributed by atoms with E-state index < -0.39 is 10.0 Å². The molecule has 0 unspecified atom stereocenters. The van der Waals surface area contributed by atoms with Gasteiger partial charge in [-0.3, -0.25) is 5.10 Å². The van der Waals surface area contributed by atoms with Crippen LogP contribution in [0.4, 0.5) is 0 Å². The van der Waals surface area contributed by atoms with Gasteiger partial charge in [-0.1, -0.05) is 0 Å². The van der Waals surface area contributed by atoms with Gasteiger partial charge in [0.15, 0.2) is 5.03 Å². The zero-order chi connectivity index (χ0) is 13.7. The molecule has 0 aliphatic heterocycles. The molecule has 0 amide bonds. The lowest BCUT2D eigenvalue weighted by molar-refractivity contribution is 0.196. The third kappa shape index (κ3) is 4.27. The molecule has 19 heavy (non-hydrogen) atoms. The van der Waals surface area contributed by atoms with Gasteiger partial charge in [-0.15, -0.1) is 0 Å². The highest BCUT2D eigenvalue weighted by atomic mass is 32.2. The zero-order valence-corrected chi connectivity index (χ0v) is 11.8. The summed E-state index contributed by atoms with van der Waals surface area (Å²) in [4.78, 5) is 0. The van der Waals surface area contributed by atoms with Crippen LogP contribution in [-0.4, -0.2) is 44.9 Å². The molecule has 1 aliphatic rings. The van der Waals surface area contributed by atoms with Crippen LogP contribution >= 0.6 is 0 Å². The van der Waals surface area contributed by atoms with E-state index in [0.717, 1.165) is 12.8 Å². The minimum atomic E-state index is -3.52. The van der Waals surface area contributed by atoms with Gasteiger partial charge in [0, 0.05) is 38.4 Å². The average molecular weight is 288 g/mol. The van der Waals surface area contributed by atoms with E-state index in [1.54, 1.807) is 13.3 Å². The van der Waals surface area contributed by atoms with Crippen LogP contribution in [0.1, 0.15) is 24.8 Å². The molecule has 7 nitrogen and oxygen atoms in total. The first-order valence-electron chi connectivity index (χ1n) is 6.37. The minimum absolute atomic E-state index is 0.151. The maximum atomic E-state index is 12.1. The summed E-state index contributed by atoms with van der Waals surface area (Å²) >= 11 is 0. The summed E-state index contributed by atoms with van der Waals surface area (Å²) in [5.41, 5.74) is 0.672. The molecule has 1 aliphatic carbocycles. The Kier molecular flexibility index (Phi) is 4.92. The number of H-pyrrole nitrogens is 1. The Labute approximate surface area is 113 Å². The Morgan fingerprint density at radius 3 is 3.00 bits per heavy atom. The van der Waals surface area contributed by atoms with Crippen molar-refractivity contribution in [3.8, 4) is 0 Å². The predicted molar refractivity (Wildman–Crippen MR) is 70.1 cm³/mol. The molecule has 0 bridgehead atoms. The standard InChI is InChI=1S/C11H20N4O3S/c1-18-6-2-5-14-19(16,17)11-9(8-13-15-11)7-12-10-3-4-10/h8,10,12,14H,2-7H2,1H3,(H,13,15). The van der Waals surface area contributed by atoms with Crippen molar-refractivity contribution in [2.45, 2.75) is 36.9 Å². The van der Waals surface area contributed by atoms with Crippen molar-refractivity contribution in [3.63, 3.8) is 0 Å². The molecule has 108 valence electrons. The lowest BCUT2D eigenvalue weighted by Crippen LogP contribution is -2.27. The molecule has 0 saturated heterocycles. The number of nitrogens with one attached hydrogen (secondary N) is 3. The first-order chi connectivity index (χ1) is 9.13. The second-order valence-corrected chi connectivity index (χ2v) is 6.33. The smallest absolute Gasteiger partial charge is 0.257 e. The van der Waals surface area contributed by atoms with Crippen molar-refractivity contribution < 1.29 is 13.2 Å². The number of sulfonamides is 1. The van der Waals surface area contributed by atoms with Gasteiger partial charge in [-0.2, -0.15) is 5.10 Å². The summed E-state index contributed by atoms with van der Waals surface area (Å²) in [7, 11) is -1.93. The fraction of sp³-hybridized carbons (Fsp3) is 0.727. The second-order valence-electron chi connectivity index (χ2n) is 4.62. The lowest BCUT2D eigenvalue weighted by Gasteiger charge is -2.07. The molecule has 0 aromatic carbocycles. The first-order valence-corrected chi connectivity index (χ1v) is 7.86. The van der Waals surface area contributed by atoms with E-state index >= 15 is 0 Å². The SMILES string of the molecule is COCCCNS(=O)(=O)c1[nH]ncc1CNC1CC1. The Balaban J connectivity index is 1.92. The third-order valence-corrected chi connectivity index (χ3v) is 4.40. The quantitative estimate of drug-likeness (QED) is 0.555. The molecule has 3 N–H and O–H groups in total. The monoisotopic (exact) mass is 288 g/mol. The number of aromatic nitrogens is 2. The highest BCUT2D eigenvalue weighted by Gasteiger charge is 2.24. The summed E-state index contributed by atoms with van der Waals surface area (Å²) in [5, 5.41) is 9.81. The van der Waals surface area contributed by atoms with Crippen LogP contribution in [0.15, 0.2) is 11.2 Å². The predicted octanol–water partition coefficient (Wildman–Crippen LogP) is -0.0235. The maximum Gasteiger partial charge on any atom is 0.257 e. The van der Waals surface area contributed by atoms with Gasteiger partial charge in [-0.25, -0.2) is 13.1 Å². The molecule has 0 radical (unpaired) electrons. The van der Waals surface area contributed by atoms with Crippen LogP contribution in [0.25, 0.3) is 0 Å². The van der Waals surface area contributed by atoms with Crippen LogP contribution in [0.2, 0.25) is 0 Å². The van der Waals surface area contributed by atoms with E-state index in [-0.39, 0.29) is 5.03 Å². The molecule has 1 saturated carbocycles. The summed E-state index contributed by atoms with van der Waals surface area (Å²) < 4.78 is 31.6. The van der Waals surface area contributed by atoms with Crippen LogP contribution in [0.5, 0.6) is 0 Å². The topological polar surface area (TPSA) is 96.1 Å². The molecule has 2 rings (SSSR count). The molecule has 1 heterocycles. The molecule has 1 aromatic rings. The van der Waals surface area contributed by atoms with E-state index in [9.17, 15) is 8.42 Å². The first kappa shape index (κ1) is 14.4.